The van der Waals surface area contributed by atoms with Gasteiger partial charge in [0.05, 0.1) is 43.6 Å². The average Bonchev–Trinajstić information content (AvgIpc) is 3.27. The van der Waals surface area contributed by atoms with Gasteiger partial charge in [-0.05, 0) is 109 Å². The SMILES string of the molecule is C[N+](CCS(=O)(=O)O)=c1ccc2c(-c3cc(P(=O)(OCCCCCC(=O)OC(C)(C)C)OCCCCNC(=O)OC(C)(C)C)ccc3C(=O)N3CCOCC3)c3ccc(NCCS(=O)(=O)O)cc3oc-2c1. The van der Waals surface area contributed by atoms with Gasteiger partial charge >= 0.3 is 19.7 Å². The van der Waals surface area contributed by atoms with E-state index in [1.807, 2.05) is 0 Å². The van der Waals surface area contributed by atoms with Gasteiger partial charge in [0, 0.05) is 72.5 Å². The number of anilines is 1. The molecule has 2 heterocycles. The fraction of sp³-hybridized carbons (Fsp3) is 0.542. The molecule has 1 saturated heterocycles. The van der Waals surface area contributed by atoms with E-state index < -0.39 is 56.6 Å². The molecule has 20 nitrogen and oxygen atoms in total. The second-order valence-corrected chi connectivity index (χ2v) is 24.3. The van der Waals surface area contributed by atoms with Gasteiger partial charge in [0.2, 0.25) is 5.36 Å². The Balaban J connectivity index is 1.62. The van der Waals surface area contributed by atoms with Gasteiger partial charge in [-0.25, -0.2) is 9.37 Å². The summed E-state index contributed by atoms with van der Waals surface area (Å²) in [4.78, 5) is 40.9. The smallest absolute Gasteiger partial charge is 0.407 e. The number of ether oxygens (including phenoxy) is 3. The highest BCUT2D eigenvalue weighted by molar-refractivity contribution is 7.86. The molecule has 2 aromatic rings. The number of hydrogen-bond acceptors (Lipinski definition) is 15. The van der Waals surface area contributed by atoms with Crippen molar-refractivity contribution in [2.75, 3.05) is 83.0 Å². The van der Waals surface area contributed by atoms with Crippen LogP contribution >= 0.6 is 7.60 Å². The Morgan fingerprint density at radius 1 is 0.775 bits per heavy atom. The molecule has 0 radical (unpaired) electrons. The zero-order chi connectivity index (χ0) is 52.2. The number of carbonyl (C=O) groups excluding carboxylic acids is 3. The second-order valence-electron chi connectivity index (χ2n) is 19.1. The van der Waals surface area contributed by atoms with E-state index in [1.54, 1.807) is 113 Å². The normalized spacial score (nSPS) is 15.0. The Labute approximate surface area is 415 Å². The largest absolute Gasteiger partial charge is 0.460 e. The van der Waals surface area contributed by atoms with E-state index in [9.17, 15) is 40.3 Å². The van der Waals surface area contributed by atoms with Crippen molar-refractivity contribution < 1.29 is 72.6 Å². The third-order valence-corrected chi connectivity index (χ3v) is 14.2. The van der Waals surface area contributed by atoms with E-state index in [0.29, 0.717) is 91.5 Å². The van der Waals surface area contributed by atoms with Crippen molar-refractivity contribution in [1.29, 1.82) is 0 Å². The third-order valence-electron chi connectivity index (χ3n) is 10.8. The van der Waals surface area contributed by atoms with E-state index in [-0.39, 0.29) is 73.4 Å². The highest BCUT2D eigenvalue weighted by Gasteiger charge is 2.33. The zero-order valence-corrected chi connectivity index (χ0v) is 44.0. The molecule has 1 atom stereocenters. The molecule has 2 amide bonds. The van der Waals surface area contributed by atoms with Gasteiger partial charge in [-0.2, -0.15) is 16.8 Å². The van der Waals surface area contributed by atoms with E-state index >= 15 is 4.57 Å². The van der Waals surface area contributed by atoms with Crippen molar-refractivity contribution in [2.45, 2.75) is 91.3 Å². The predicted molar refractivity (Wildman–Crippen MR) is 269 cm³/mol. The molecule has 4 N–H and O–H groups in total. The summed E-state index contributed by atoms with van der Waals surface area (Å²) in [7, 11) is -11.1. The standard InChI is InChI=1S/C48H67N4O16PS2/c1-47(2,3)67-43(53)13-9-8-11-25-64-69(56,65-26-12-10-20-50-46(55)68-48(4,5)6)36-16-19-37(45(54)52-22-27-63-28-23-52)40(33-36)44-38-17-14-34(49-21-29-70(57,58)59)31-41(38)66-42-32-35(15-18-39(42)44)51(7)24-30-71(60,61)62/h14-19,31-33H,8-13,20-30H2,1-7H3,(H3,50,55,57,58,59,60,61,62)/p+1. The summed E-state index contributed by atoms with van der Waals surface area (Å²) in [5.74, 6) is -1.48. The summed E-state index contributed by atoms with van der Waals surface area (Å²) in [5.41, 5.74) is 0.997. The zero-order valence-electron chi connectivity index (χ0n) is 41.5. The molecule has 0 saturated carbocycles. The number of alkyl carbamates (subject to hydrolysis) is 1. The highest BCUT2D eigenvalue weighted by atomic mass is 32.2. The predicted octanol–water partition coefficient (Wildman–Crippen LogP) is 6.33. The van der Waals surface area contributed by atoms with Crippen LogP contribution in [0.15, 0.2) is 59.0 Å². The summed E-state index contributed by atoms with van der Waals surface area (Å²) in [6, 6.07) is 14.9. The molecule has 392 valence electrons. The number of unbranched alkanes of at least 4 members (excludes halogenated alkanes) is 3. The number of esters is 1. The summed E-state index contributed by atoms with van der Waals surface area (Å²) >= 11 is 0. The van der Waals surface area contributed by atoms with Crippen LogP contribution in [0, 0.1) is 0 Å². The molecule has 1 fully saturated rings. The van der Waals surface area contributed by atoms with Gasteiger partial charge in [-0.3, -0.25) is 23.3 Å². The van der Waals surface area contributed by atoms with Gasteiger partial charge in [0.1, 0.15) is 35.3 Å². The van der Waals surface area contributed by atoms with Crippen LogP contribution in [0.4, 0.5) is 10.5 Å². The fourth-order valence-electron chi connectivity index (χ4n) is 7.48. The first-order valence-electron chi connectivity index (χ1n) is 23.5. The highest BCUT2D eigenvalue weighted by Crippen LogP contribution is 2.50. The Morgan fingerprint density at radius 3 is 2.08 bits per heavy atom. The summed E-state index contributed by atoms with van der Waals surface area (Å²) in [6.07, 6.45) is 1.93. The van der Waals surface area contributed by atoms with Gasteiger partial charge in [-0.15, -0.1) is 0 Å². The average molecular weight is 1050 g/mol. The van der Waals surface area contributed by atoms with Crippen molar-refractivity contribution in [3.63, 3.8) is 0 Å². The Bertz CT molecular complexity index is 2790. The molecule has 1 unspecified atom stereocenters. The number of rotatable bonds is 23. The quantitative estimate of drug-likeness (QED) is 0.0158. The lowest BCUT2D eigenvalue weighted by molar-refractivity contribution is -0.154. The molecule has 71 heavy (non-hydrogen) atoms. The number of benzene rings is 3. The minimum absolute atomic E-state index is 0.00704. The molecule has 2 aromatic carbocycles. The number of hydrogen-bond donors (Lipinski definition) is 4. The van der Waals surface area contributed by atoms with Gasteiger partial charge in [-0.1, -0.05) is 6.42 Å². The molecule has 2 aliphatic heterocycles. The van der Waals surface area contributed by atoms with Crippen molar-refractivity contribution in [2.24, 2.45) is 0 Å². The summed E-state index contributed by atoms with van der Waals surface area (Å²) in [5, 5.41) is 6.84. The first-order chi connectivity index (χ1) is 33.2. The second kappa shape index (κ2) is 24.7. The van der Waals surface area contributed by atoms with Crippen molar-refractivity contribution >= 4 is 67.8 Å². The molecular formula is C48H68N4O16PS2+. The number of nitrogens with one attached hydrogen (secondary N) is 2. The number of amides is 2. The Kier molecular flexibility index (Phi) is 19.8. The molecule has 23 heteroatoms. The van der Waals surface area contributed by atoms with Crippen LogP contribution in [0.1, 0.15) is 90.4 Å². The first kappa shape index (κ1) is 57.0. The van der Waals surface area contributed by atoms with Gasteiger partial charge < -0.3 is 43.2 Å². The van der Waals surface area contributed by atoms with E-state index in [4.69, 9.17) is 27.7 Å². The lowest BCUT2D eigenvalue weighted by atomic mass is 9.90. The third kappa shape index (κ3) is 18.3. The van der Waals surface area contributed by atoms with Crippen LogP contribution in [0.2, 0.25) is 0 Å². The molecule has 5 rings (SSSR count). The first-order valence-corrected chi connectivity index (χ1v) is 28.3. The number of fused-ring (bicyclic) bond motifs is 2. The van der Waals surface area contributed by atoms with Crippen molar-refractivity contribution in [1.82, 2.24) is 14.8 Å². The maximum atomic E-state index is 15.3. The lowest BCUT2D eigenvalue weighted by Crippen LogP contribution is -2.41. The Morgan fingerprint density at radius 2 is 1.44 bits per heavy atom. The molecule has 1 aliphatic carbocycles. The van der Waals surface area contributed by atoms with Gasteiger partial charge in [0.15, 0.2) is 6.54 Å². The lowest BCUT2D eigenvalue weighted by Gasteiger charge is -2.28. The van der Waals surface area contributed by atoms with Crippen LogP contribution in [0.5, 0.6) is 0 Å². The summed E-state index contributed by atoms with van der Waals surface area (Å²) in [6.45, 7) is 11.9. The van der Waals surface area contributed by atoms with Crippen LogP contribution in [0.3, 0.4) is 0 Å². The Hall–Kier alpha value is -4.93. The molecule has 0 aromatic heterocycles. The monoisotopic (exact) mass is 1050 g/mol. The van der Waals surface area contributed by atoms with E-state index in [0.717, 1.165) is 0 Å². The maximum Gasteiger partial charge on any atom is 0.407 e. The number of morpholine rings is 1. The minimum Gasteiger partial charge on any atom is -0.460 e. The van der Waals surface area contributed by atoms with Crippen molar-refractivity contribution in [3.8, 4) is 22.5 Å². The fourth-order valence-corrected chi connectivity index (χ4v) is 10.0. The van der Waals surface area contributed by atoms with Crippen LogP contribution in [-0.4, -0.2) is 138 Å². The van der Waals surface area contributed by atoms with Gasteiger partial charge in [0.25, 0.3) is 26.1 Å². The van der Waals surface area contributed by atoms with Crippen molar-refractivity contribution in [3.05, 3.63) is 65.5 Å². The summed E-state index contributed by atoms with van der Waals surface area (Å²) < 4.78 is 117. The van der Waals surface area contributed by atoms with Crippen LogP contribution < -0.4 is 25.9 Å². The number of carbonyl (C=O) groups is 3. The number of nitrogens with zero attached hydrogens (tertiary/aromatic N) is 2. The van der Waals surface area contributed by atoms with Crippen LogP contribution in [0.25, 0.3) is 33.4 Å². The molecule has 0 spiro atoms. The minimum atomic E-state index is -4.29. The van der Waals surface area contributed by atoms with Crippen LogP contribution in [-0.2, 0) is 52.9 Å². The molecular weight excluding hydrogens is 984 g/mol. The maximum absolute atomic E-state index is 15.3. The molecule has 3 aliphatic rings. The van der Waals surface area contributed by atoms with E-state index in [2.05, 4.69) is 10.6 Å². The molecule has 0 bridgehead atoms. The topological polar surface area (TPSA) is 267 Å². The van der Waals surface area contributed by atoms with E-state index in [1.165, 1.54) is 0 Å².